The van der Waals surface area contributed by atoms with Crippen molar-refractivity contribution in [2.75, 3.05) is 0 Å². The molecule has 0 fully saturated rings. The molecule has 0 aliphatic rings. The molecule has 3 rings (SSSR count). The number of aryl methyl sites for hydroxylation is 1. The lowest BCUT2D eigenvalue weighted by Gasteiger charge is -2.15. The van der Waals surface area contributed by atoms with E-state index in [-0.39, 0.29) is 42.6 Å². The lowest BCUT2D eigenvalue weighted by Crippen LogP contribution is -2.31. The molecule has 0 radical (unpaired) electrons. The number of aromatic nitrogens is 2. The van der Waals surface area contributed by atoms with E-state index in [1.165, 1.54) is 26.1 Å². The van der Waals surface area contributed by atoms with E-state index in [4.69, 9.17) is 5.26 Å². The molecule has 2 heterocycles. The van der Waals surface area contributed by atoms with E-state index in [0.717, 1.165) is 12.1 Å². The van der Waals surface area contributed by atoms with Gasteiger partial charge in [0.25, 0.3) is 5.56 Å². The van der Waals surface area contributed by atoms with Crippen molar-refractivity contribution in [2.45, 2.75) is 26.3 Å². The number of carbonyl (C=O) groups excluding carboxylic acids is 1. The second-order valence-electron chi connectivity index (χ2n) is 6.68. The van der Waals surface area contributed by atoms with Gasteiger partial charge in [0.1, 0.15) is 23.8 Å². The molecule has 7 nitrogen and oxygen atoms in total. The monoisotopic (exact) mass is 411 g/mol. The van der Waals surface area contributed by atoms with Gasteiger partial charge in [0.05, 0.1) is 34.8 Å². The van der Waals surface area contributed by atoms with Gasteiger partial charge in [-0.3, -0.25) is 14.6 Å². The third-order valence-corrected chi connectivity index (χ3v) is 4.74. The number of nitrogens with zero attached hydrogens (tertiary/aromatic N) is 3. The Balaban J connectivity index is 0.00000256. The van der Waals surface area contributed by atoms with Gasteiger partial charge in [-0.25, -0.2) is 8.78 Å². The molecule has 0 aliphatic carbocycles. The predicted octanol–water partition coefficient (Wildman–Crippen LogP) is 3.16. The molecular weight excluding hydrogens is 392 g/mol. The highest BCUT2D eigenvalue weighted by Crippen LogP contribution is 2.24. The summed E-state index contributed by atoms with van der Waals surface area (Å²) >= 11 is 0. The molecule has 0 saturated carbocycles. The Bertz CT molecular complexity index is 1330. The first-order valence-corrected chi connectivity index (χ1v) is 8.85. The van der Waals surface area contributed by atoms with Crippen LogP contribution in [0.1, 0.15) is 43.8 Å². The van der Waals surface area contributed by atoms with Gasteiger partial charge in [0.2, 0.25) is 5.91 Å². The number of aromatic amines is 1. The third kappa shape index (κ3) is 3.74. The Morgan fingerprint density at radius 3 is 2.67 bits per heavy atom. The summed E-state index contributed by atoms with van der Waals surface area (Å²) in [7, 11) is 0. The summed E-state index contributed by atoms with van der Waals surface area (Å²) < 4.78 is 28.1. The van der Waals surface area contributed by atoms with Gasteiger partial charge in [0, 0.05) is 20.0 Å². The number of nitrogens with one attached hydrogen (secondary N) is 2. The van der Waals surface area contributed by atoms with Crippen LogP contribution in [0.25, 0.3) is 10.9 Å². The van der Waals surface area contributed by atoms with E-state index < -0.39 is 29.1 Å². The summed E-state index contributed by atoms with van der Waals surface area (Å²) in [6, 6.07) is 6.18. The van der Waals surface area contributed by atoms with E-state index in [1.54, 1.807) is 12.1 Å². The number of H-pyrrole nitrogens is 1. The minimum Gasteiger partial charge on any atom is -0.348 e. The Morgan fingerprint density at radius 1 is 1.30 bits per heavy atom. The first-order chi connectivity index (χ1) is 14.3. The molecule has 154 valence electrons. The van der Waals surface area contributed by atoms with Gasteiger partial charge in [-0.1, -0.05) is 0 Å². The summed E-state index contributed by atoms with van der Waals surface area (Å²) in [5.74, 6) is -2.06. The van der Waals surface area contributed by atoms with Crippen LogP contribution < -0.4 is 10.9 Å². The van der Waals surface area contributed by atoms with Gasteiger partial charge < -0.3 is 10.3 Å². The lowest BCUT2D eigenvalue weighted by atomic mass is 9.98. The van der Waals surface area contributed by atoms with Crippen LogP contribution in [0.3, 0.4) is 0 Å². The fourth-order valence-corrected chi connectivity index (χ4v) is 3.26. The number of hydrogen-bond acceptors (Lipinski definition) is 5. The molecule has 1 aromatic carbocycles. The Morgan fingerprint density at radius 2 is 2.03 bits per heavy atom. The van der Waals surface area contributed by atoms with Crippen molar-refractivity contribution in [2.24, 2.45) is 0 Å². The van der Waals surface area contributed by atoms with Crippen molar-refractivity contribution < 1.29 is 16.4 Å². The molecule has 9 heteroatoms. The highest BCUT2D eigenvalue weighted by atomic mass is 19.1. The van der Waals surface area contributed by atoms with Crippen LogP contribution in [0.4, 0.5) is 8.78 Å². The van der Waals surface area contributed by atoms with E-state index >= 15 is 0 Å². The number of benzene rings is 1. The Hall–Kier alpha value is -4.11. The summed E-state index contributed by atoms with van der Waals surface area (Å²) in [5, 5.41) is 20.8. The number of nitriles is 2. The predicted molar refractivity (Wildman–Crippen MR) is 107 cm³/mol. The molecule has 1 amide bonds. The first kappa shape index (κ1) is 20.6. The normalized spacial score (nSPS) is 11.5. The number of hydrogen-bond donors (Lipinski definition) is 2. The molecule has 0 bridgehead atoms. The molecule has 3 aromatic rings. The van der Waals surface area contributed by atoms with E-state index in [9.17, 15) is 23.6 Å². The van der Waals surface area contributed by atoms with Crippen molar-refractivity contribution >= 4 is 16.8 Å². The highest BCUT2D eigenvalue weighted by Gasteiger charge is 2.20. The lowest BCUT2D eigenvalue weighted by molar-refractivity contribution is -0.121. The summed E-state index contributed by atoms with van der Waals surface area (Å²) in [4.78, 5) is 31.3. The number of pyridine rings is 2. The van der Waals surface area contributed by atoms with Crippen molar-refractivity contribution in [1.29, 1.82) is 10.5 Å². The van der Waals surface area contributed by atoms with Crippen LogP contribution in [0.5, 0.6) is 0 Å². The maximum absolute atomic E-state index is 14.1. The highest BCUT2D eigenvalue weighted by molar-refractivity contribution is 5.90. The summed E-state index contributed by atoms with van der Waals surface area (Å²) in [6.45, 7) is 3.04. The van der Waals surface area contributed by atoms with E-state index in [1.807, 2.05) is 0 Å². The number of halogens is 2. The zero-order chi connectivity index (χ0) is 22.0. The third-order valence-electron chi connectivity index (χ3n) is 4.74. The number of carbonyl (C=O) groups is 1. The Labute approximate surface area is 172 Å². The van der Waals surface area contributed by atoms with E-state index in [0.29, 0.717) is 5.56 Å². The van der Waals surface area contributed by atoms with Crippen LogP contribution in [-0.2, 0) is 11.2 Å². The van der Waals surface area contributed by atoms with Crippen LogP contribution in [-0.4, -0.2) is 15.9 Å². The molecule has 0 spiro atoms. The van der Waals surface area contributed by atoms with Crippen LogP contribution in [0, 0.1) is 41.2 Å². The van der Waals surface area contributed by atoms with Gasteiger partial charge in [-0.05, 0) is 37.6 Å². The van der Waals surface area contributed by atoms with Crippen LogP contribution in [0.2, 0.25) is 0 Å². The van der Waals surface area contributed by atoms with Gasteiger partial charge in [0.15, 0.2) is 0 Å². The van der Waals surface area contributed by atoms with Gasteiger partial charge >= 0.3 is 0 Å². The number of rotatable bonds is 4. The maximum atomic E-state index is 14.1. The molecule has 2 N–H and O–H groups in total. The zero-order valence-electron chi connectivity index (χ0n) is 16.0. The van der Waals surface area contributed by atoms with E-state index in [2.05, 4.69) is 15.3 Å². The molecule has 30 heavy (non-hydrogen) atoms. The standard InChI is InChI=1S/C21H15F2N5O2.2H2/c1-10-13(21(30)28-17-4-3-15(22)14(8-25)19(10)17)6-18(29)27-11(2)20-16(23)5-12(7-24)9-26-20;;/h3-5,9,11H,6H2,1-2H3,(H,27,29)(H,28,30);2*1H/t11-;;/m1../s1. The Kier molecular flexibility index (Phi) is 5.56. The van der Waals surface area contributed by atoms with Crippen LogP contribution in [0.15, 0.2) is 29.2 Å². The van der Waals surface area contributed by atoms with Crippen molar-refractivity contribution in [3.63, 3.8) is 0 Å². The fourth-order valence-electron chi connectivity index (χ4n) is 3.26. The molecule has 2 aromatic heterocycles. The number of fused-ring (bicyclic) bond motifs is 1. The van der Waals surface area contributed by atoms with Crippen molar-refractivity contribution in [3.05, 3.63) is 74.3 Å². The van der Waals surface area contributed by atoms with Crippen LogP contribution >= 0.6 is 0 Å². The molecule has 1 atom stereocenters. The summed E-state index contributed by atoms with van der Waals surface area (Å²) in [6.07, 6.45) is 0.831. The zero-order valence-corrected chi connectivity index (χ0v) is 16.0. The quantitative estimate of drug-likeness (QED) is 0.683. The largest absolute Gasteiger partial charge is 0.348 e. The topological polar surface area (TPSA) is 122 Å². The molecule has 0 unspecified atom stereocenters. The smallest absolute Gasteiger partial charge is 0.252 e. The minimum atomic E-state index is -0.822. The average Bonchev–Trinajstić information content (AvgIpc) is 2.71. The van der Waals surface area contributed by atoms with Crippen molar-refractivity contribution in [3.8, 4) is 12.1 Å². The van der Waals surface area contributed by atoms with Gasteiger partial charge in [-0.15, -0.1) is 0 Å². The maximum Gasteiger partial charge on any atom is 0.252 e. The second kappa shape index (κ2) is 8.10. The molecule has 0 saturated heterocycles. The minimum absolute atomic E-state index is 0. The van der Waals surface area contributed by atoms with Gasteiger partial charge in [-0.2, -0.15) is 10.5 Å². The first-order valence-electron chi connectivity index (χ1n) is 8.85. The SMILES string of the molecule is Cc1c(CC(=O)N[C@H](C)c2ncc(C#N)cc2F)c(=O)[nH]c2ccc(F)c(C#N)c12.[HH].[HH]. The fraction of sp³-hybridized carbons (Fsp3) is 0.190. The second-order valence-corrected chi connectivity index (χ2v) is 6.68. The molecule has 0 aliphatic heterocycles. The summed E-state index contributed by atoms with van der Waals surface area (Å²) in [5.41, 5.74) is -0.0928. The average molecular weight is 411 g/mol. The molecular formula is C21H19F2N5O2. The number of amides is 1. The van der Waals surface area contributed by atoms with Crippen molar-refractivity contribution in [1.82, 2.24) is 15.3 Å².